The molecule has 2 aliphatic heterocycles. The van der Waals surface area contributed by atoms with E-state index >= 15 is 0 Å². The number of benzene rings is 9. The molecule has 6 heteroatoms. The highest BCUT2D eigenvalue weighted by Gasteiger charge is 2.23. The van der Waals surface area contributed by atoms with Crippen LogP contribution < -0.4 is 9.80 Å². The average molecular weight is 1250 g/mol. The van der Waals surface area contributed by atoms with Crippen molar-refractivity contribution in [1.29, 1.82) is 0 Å². The summed E-state index contributed by atoms with van der Waals surface area (Å²) >= 11 is 0. The number of nitrogens with zero attached hydrogens (tertiary/aromatic N) is 3. The maximum absolute atomic E-state index is 9.62. The summed E-state index contributed by atoms with van der Waals surface area (Å²) in [6.07, 6.45) is 12.7. The Hall–Kier alpha value is -8.36. The molecule has 9 aromatic carbocycles. The molecule has 0 aromatic heterocycles. The van der Waals surface area contributed by atoms with Crippen molar-refractivity contribution in [2.75, 3.05) is 68.9 Å². The number of piperazine rings is 1. The summed E-state index contributed by atoms with van der Waals surface area (Å²) in [5, 5.41) is 28.7. The number of piperidine rings is 1. The van der Waals surface area contributed by atoms with E-state index in [1.807, 2.05) is 0 Å². The van der Waals surface area contributed by atoms with Crippen molar-refractivity contribution >= 4 is 44.8 Å². The molecular weight excluding hydrogens is 1150 g/mol. The summed E-state index contributed by atoms with van der Waals surface area (Å²) in [5.74, 6) is 0.749. The van der Waals surface area contributed by atoms with E-state index in [1.165, 1.54) is 156 Å². The first kappa shape index (κ1) is 68.5. The average Bonchev–Trinajstić information content (AvgIpc) is 0.828. The molecule has 0 unspecified atom stereocenters. The van der Waals surface area contributed by atoms with E-state index in [1.54, 1.807) is 0 Å². The lowest BCUT2D eigenvalue weighted by atomic mass is 9.79. The van der Waals surface area contributed by atoms with E-state index in [2.05, 4.69) is 286 Å². The first-order valence-corrected chi connectivity index (χ1v) is 35.0. The van der Waals surface area contributed by atoms with E-state index in [9.17, 15) is 15.3 Å². The molecule has 6 nitrogen and oxygen atoms in total. The van der Waals surface area contributed by atoms with Crippen molar-refractivity contribution in [3.63, 3.8) is 0 Å². The van der Waals surface area contributed by atoms with Crippen LogP contribution in [-0.4, -0.2) is 85.4 Å². The van der Waals surface area contributed by atoms with Crippen LogP contribution in [0.25, 0.3) is 33.4 Å². The normalized spacial score (nSPS) is 15.2. The molecule has 1 aliphatic carbocycles. The van der Waals surface area contributed by atoms with Crippen LogP contribution >= 0.6 is 0 Å². The van der Waals surface area contributed by atoms with E-state index in [0.717, 1.165) is 83.7 Å². The number of hydrogen-bond donors (Lipinski definition) is 3. The van der Waals surface area contributed by atoms with Crippen LogP contribution in [0.4, 0.5) is 11.4 Å². The predicted octanol–water partition coefficient (Wildman–Crippen LogP) is 20.0. The minimum atomic E-state index is 0.193. The van der Waals surface area contributed by atoms with Gasteiger partial charge in [-0.2, -0.15) is 0 Å². The quantitative estimate of drug-likeness (QED) is 0.0588. The van der Waals surface area contributed by atoms with Crippen molar-refractivity contribution in [3.8, 4) is 0 Å². The molecule has 2 saturated heterocycles. The van der Waals surface area contributed by atoms with Gasteiger partial charge in [-0.3, -0.25) is 4.90 Å². The standard InChI is InChI=1S/C31H38N2O.C29H33NO.C28H30O/c1-24(2)32-19-21-33(22-20-32)29-17-15-28(16-18-29)31(27-13-11-25(3)12-14-27)30(10-7-23-34)26-8-5-4-6-9-26;1-23-12-14-25(15-13-23)29(28(11-8-22-31)24-9-4-2-5-10-24)26-16-18-27(19-17-26)30-20-6-3-7-21-30;1-21-12-14-25(15-13-21)28(26-18-16-23(17-19-26)22-9-5-10-22)27(11-6-20-29)24-7-3-2-4-8-24/h4-6,8-9,11-18,24,34H,7,10,19-23H2,1-3H3;2,4-5,9-10,12-19,31H,3,6-8,11,20-22H2,1H3;2-4,7-8,12-19,22,29H,5-6,9-11,20H2,1H3/b31-30-;29-28-;28-27-. The van der Waals surface area contributed by atoms with Crippen molar-refractivity contribution in [3.05, 3.63) is 309 Å². The van der Waals surface area contributed by atoms with Crippen LogP contribution in [0.1, 0.15) is 169 Å². The summed E-state index contributed by atoms with van der Waals surface area (Å²) in [5.41, 5.74) is 26.7. The third-order valence-corrected chi connectivity index (χ3v) is 19.3. The van der Waals surface area contributed by atoms with E-state index < -0.39 is 0 Å². The molecule has 1 saturated carbocycles. The van der Waals surface area contributed by atoms with Gasteiger partial charge in [0.1, 0.15) is 0 Å². The van der Waals surface area contributed by atoms with Gasteiger partial charge >= 0.3 is 0 Å². The third-order valence-electron chi connectivity index (χ3n) is 19.3. The third kappa shape index (κ3) is 18.5. The molecule has 12 rings (SSSR count). The highest BCUT2D eigenvalue weighted by atomic mass is 16.3. The Balaban J connectivity index is 0.000000154. The van der Waals surface area contributed by atoms with Gasteiger partial charge in [-0.25, -0.2) is 0 Å². The van der Waals surface area contributed by atoms with E-state index in [0.29, 0.717) is 6.04 Å². The maximum Gasteiger partial charge on any atom is 0.0434 e. The Labute approximate surface area is 563 Å². The number of aliphatic hydroxyl groups is 3. The van der Waals surface area contributed by atoms with Gasteiger partial charge < -0.3 is 25.1 Å². The maximum atomic E-state index is 9.62. The Morgan fingerprint density at radius 2 is 0.628 bits per heavy atom. The number of hydrogen-bond acceptors (Lipinski definition) is 6. The van der Waals surface area contributed by atoms with Crippen LogP contribution in [0.2, 0.25) is 0 Å². The number of aliphatic hydroxyl groups excluding tert-OH is 3. The molecule has 2 heterocycles. The number of allylic oxidation sites excluding steroid dienone is 3. The number of aryl methyl sites for hydroxylation is 3. The number of anilines is 2. The molecule has 3 aliphatic rings. The Morgan fingerprint density at radius 1 is 0.330 bits per heavy atom. The van der Waals surface area contributed by atoms with Gasteiger partial charge in [0.15, 0.2) is 0 Å². The largest absolute Gasteiger partial charge is 0.396 e. The van der Waals surface area contributed by atoms with Gasteiger partial charge in [0.25, 0.3) is 0 Å². The SMILES string of the molecule is Cc1ccc(/C(=C(\CCCO)c2ccccc2)c2ccc(C3CCC3)cc2)cc1.Cc1ccc(/C(=C(\CCCO)c2ccccc2)c2ccc(N3CCCCC3)cc2)cc1.Cc1ccc(/C(=C(\CCCO)c2ccccc2)c2ccc(N3CCN(C(C)C)CC3)cc2)cc1. The molecule has 0 spiro atoms. The Bertz CT molecular complexity index is 3800. The molecule has 94 heavy (non-hydrogen) atoms. The fourth-order valence-corrected chi connectivity index (χ4v) is 13.6. The molecule has 3 N–H and O–H groups in total. The zero-order valence-electron chi connectivity index (χ0n) is 56.7. The first-order valence-electron chi connectivity index (χ1n) is 35.0. The molecule has 0 atom stereocenters. The van der Waals surface area contributed by atoms with Gasteiger partial charge in [0, 0.05) is 76.5 Å². The molecule has 0 amide bonds. The molecule has 0 bridgehead atoms. The lowest BCUT2D eigenvalue weighted by molar-refractivity contribution is 0.209. The zero-order chi connectivity index (χ0) is 65.4. The Morgan fingerprint density at radius 3 is 0.915 bits per heavy atom. The van der Waals surface area contributed by atoms with Gasteiger partial charge in [-0.15, -0.1) is 0 Å². The molecule has 0 radical (unpaired) electrons. The van der Waals surface area contributed by atoms with Crippen molar-refractivity contribution in [2.24, 2.45) is 0 Å². The number of rotatable bonds is 22. The van der Waals surface area contributed by atoms with Gasteiger partial charge in [0.2, 0.25) is 0 Å². The second kappa shape index (κ2) is 35.2. The fourth-order valence-electron chi connectivity index (χ4n) is 13.6. The lowest BCUT2D eigenvalue weighted by Gasteiger charge is -2.38. The van der Waals surface area contributed by atoms with Crippen LogP contribution in [0, 0.1) is 20.8 Å². The van der Waals surface area contributed by atoms with Crippen molar-refractivity contribution in [1.82, 2.24) is 4.90 Å². The molecule has 486 valence electrons. The summed E-state index contributed by atoms with van der Waals surface area (Å²) < 4.78 is 0. The van der Waals surface area contributed by atoms with Crippen LogP contribution in [0.15, 0.2) is 237 Å². The molecule has 9 aromatic rings. The molecule has 3 fully saturated rings. The van der Waals surface area contributed by atoms with Crippen molar-refractivity contribution in [2.45, 2.75) is 124 Å². The van der Waals surface area contributed by atoms with Gasteiger partial charge in [-0.05, 0) is 225 Å². The predicted molar refractivity (Wildman–Crippen MR) is 400 cm³/mol. The Kier molecular flexibility index (Phi) is 25.7. The second-order valence-electron chi connectivity index (χ2n) is 26.2. The van der Waals surface area contributed by atoms with Gasteiger partial charge in [0.05, 0.1) is 0 Å². The highest BCUT2D eigenvalue weighted by molar-refractivity contribution is 6.01. The summed E-state index contributed by atoms with van der Waals surface area (Å²) in [6.45, 7) is 18.3. The summed E-state index contributed by atoms with van der Waals surface area (Å²) in [7, 11) is 0. The minimum absolute atomic E-state index is 0.193. The summed E-state index contributed by atoms with van der Waals surface area (Å²) in [4.78, 5) is 7.56. The second-order valence-corrected chi connectivity index (χ2v) is 26.2. The fraction of sp³-hybridized carbons (Fsp3) is 0.318. The van der Waals surface area contributed by atoms with Crippen LogP contribution in [0.3, 0.4) is 0 Å². The van der Waals surface area contributed by atoms with Crippen LogP contribution in [-0.2, 0) is 0 Å². The lowest BCUT2D eigenvalue weighted by Crippen LogP contribution is -2.48. The summed E-state index contributed by atoms with van der Waals surface area (Å²) in [6, 6.07) is 86.5. The van der Waals surface area contributed by atoms with Crippen molar-refractivity contribution < 1.29 is 15.3 Å². The van der Waals surface area contributed by atoms with E-state index in [4.69, 9.17) is 0 Å². The smallest absolute Gasteiger partial charge is 0.0434 e. The van der Waals surface area contributed by atoms with E-state index in [-0.39, 0.29) is 19.8 Å². The minimum Gasteiger partial charge on any atom is -0.396 e. The monoisotopic (exact) mass is 1250 g/mol. The van der Waals surface area contributed by atoms with Gasteiger partial charge in [-0.1, -0.05) is 235 Å². The zero-order valence-corrected chi connectivity index (χ0v) is 56.7. The van der Waals surface area contributed by atoms with Crippen LogP contribution in [0.5, 0.6) is 0 Å². The molecular formula is C88H101N3O3. The highest BCUT2D eigenvalue weighted by Crippen LogP contribution is 2.41. The first-order chi connectivity index (χ1) is 46.1. The topological polar surface area (TPSA) is 70.4 Å².